The second kappa shape index (κ2) is 8.88. The lowest BCUT2D eigenvalue weighted by molar-refractivity contribution is -0.137. The summed E-state index contributed by atoms with van der Waals surface area (Å²) >= 11 is 5.93. The predicted octanol–water partition coefficient (Wildman–Crippen LogP) is 1.98. The molecule has 1 aliphatic rings. The summed E-state index contributed by atoms with van der Waals surface area (Å²) in [5, 5.41) is 17.3. The molecule has 1 aromatic carbocycles. The molecule has 158 valence electrons. The molecule has 3 heterocycles. The molecule has 0 spiro atoms. The molecule has 10 nitrogen and oxygen atoms in total. The zero-order valence-corrected chi connectivity index (χ0v) is 17.7. The van der Waals surface area contributed by atoms with Crippen molar-refractivity contribution < 1.29 is 9.32 Å². The first-order valence-electron chi connectivity index (χ1n) is 9.89. The monoisotopic (exact) mass is 430 g/mol. The Bertz CT molecular complexity index is 994. The third-order valence-electron chi connectivity index (χ3n) is 5.10. The van der Waals surface area contributed by atoms with Crippen LogP contribution in [0, 0.1) is 6.92 Å². The van der Waals surface area contributed by atoms with Crippen LogP contribution < -0.4 is 0 Å². The Labute approximate surface area is 178 Å². The van der Waals surface area contributed by atoms with Crippen LogP contribution in [-0.2, 0) is 11.3 Å². The molecule has 1 saturated heterocycles. The van der Waals surface area contributed by atoms with Gasteiger partial charge in [0.2, 0.25) is 17.6 Å². The number of tetrazole rings is 1. The van der Waals surface area contributed by atoms with E-state index in [0.29, 0.717) is 48.6 Å². The Hall–Kier alpha value is -2.85. The predicted molar refractivity (Wildman–Crippen MR) is 108 cm³/mol. The van der Waals surface area contributed by atoms with Gasteiger partial charge in [-0.3, -0.25) is 9.69 Å². The van der Waals surface area contributed by atoms with E-state index >= 15 is 0 Å². The van der Waals surface area contributed by atoms with Crippen molar-refractivity contribution >= 4 is 17.5 Å². The molecular formula is C19H23ClN8O2. The van der Waals surface area contributed by atoms with Gasteiger partial charge in [0.25, 0.3) is 0 Å². The summed E-state index contributed by atoms with van der Waals surface area (Å²) in [6.45, 7) is 7.09. The van der Waals surface area contributed by atoms with E-state index in [1.165, 1.54) is 4.80 Å². The third-order valence-corrected chi connectivity index (χ3v) is 5.35. The number of halogens is 1. The molecule has 0 bridgehead atoms. The number of amides is 1. The van der Waals surface area contributed by atoms with Gasteiger partial charge in [0.15, 0.2) is 11.9 Å². The van der Waals surface area contributed by atoms with Crippen molar-refractivity contribution in [2.24, 2.45) is 0 Å². The van der Waals surface area contributed by atoms with Gasteiger partial charge in [-0.2, -0.15) is 9.78 Å². The Morgan fingerprint density at radius 2 is 1.93 bits per heavy atom. The van der Waals surface area contributed by atoms with E-state index in [4.69, 9.17) is 16.1 Å². The number of nitrogens with zero attached hydrogens (tertiary/aromatic N) is 8. The second-order valence-corrected chi connectivity index (χ2v) is 7.63. The Kier molecular flexibility index (Phi) is 6.05. The maximum absolute atomic E-state index is 13.1. The zero-order chi connectivity index (χ0) is 21.1. The summed E-state index contributed by atoms with van der Waals surface area (Å²) in [6.07, 6.45) is 0.581. The van der Waals surface area contributed by atoms with Gasteiger partial charge in [-0.1, -0.05) is 23.7 Å². The molecule has 0 aliphatic carbocycles. The summed E-state index contributed by atoms with van der Waals surface area (Å²) in [5.74, 6) is 1.70. The lowest BCUT2D eigenvalue weighted by Crippen LogP contribution is -2.50. The van der Waals surface area contributed by atoms with Gasteiger partial charge < -0.3 is 9.42 Å². The number of carbonyl (C=O) groups excluding carboxylic acids is 1. The maximum atomic E-state index is 13.1. The van der Waals surface area contributed by atoms with E-state index in [1.807, 2.05) is 24.0 Å². The topological polar surface area (TPSA) is 106 Å². The zero-order valence-electron chi connectivity index (χ0n) is 16.9. The number of hydrogen-bond donors (Lipinski definition) is 0. The molecular weight excluding hydrogens is 408 g/mol. The van der Waals surface area contributed by atoms with Crippen LogP contribution in [0.25, 0.3) is 11.4 Å². The first kappa shape index (κ1) is 20.4. The molecule has 1 atom stereocenters. The number of rotatable bonds is 6. The number of carbonyl (C=O) groups is 1. The van der Waals surface area contributed by atoms with Gasteiger partial charge in [-0.15, -0.1) is 10.2 Å². The van der Waals surface area contributed by atoms with Crippen LogP contribution >= 0.6 is 11.6 Å². The largest absolute Gasteiger partial charge is 0.340 e. The van der Waals surface area contributed by atoms with Crippen LogP contribution in [0.15, 0.2) is 28.8 Å². The van der Waals surface area contributed by atoms with Gasteiger partial charge >= 0.3 is 0 Å². The van der Waals surface area contributed by atoms with E-state index in [1.54, 1.807) is 19.1 Å². The summed E-state index contributed by atoms with van der Waals surface area (Å²) < 4.78 is 5.02. The minimum atomic E-state index is -0.482. The SMILES string of the molecule is CCC(C(=O)N1CCN(Cc2noc(C)n2)CC1)n1nnc(-c2ccc(Cl)cc2)n1. The molecule has 4 rings (SSSR count). The summed E-state index contributed by atoms with van der Waals surface area (Å²) in [6, 6.07) is 6.73. The maximum Gasteiger partial charge on any atom is 0.249 e. The van der Waals surface area contributed by atoms with Crippen molar-refractivity contribution in [1.82, 2.24) is 40.1 Å². The minimum Gasteiger partial charge on any atom is -0.340 e. The van der Waals surface area contributed by atoms with E-state index in [9.17, 15) is 4.79 Å². The molecule has 3 aromatic rings. The fourth-order valence-electron chi connectivity index (χ4n) is 3.45. The fourth-order valence-corrected chi connectivity index (χ4v) is 3.58. The summed E-state index contributed by atoms with van der Waals surface area (Å²) in [7, 11) is 0. The molecule has 1 aliphatic heterocycles. The molecule has 11 heteroatoms. The van der Waals surface area contributed by atoms with Crippen LogP contribution in [0.1, 0.15) is 31.1 Å². The highest BCUT2D eigenvalue weighted by molar-refractivity contribution is 6.30. The third kappa shape index (κ3) is 4.49. The quantitative estimate of drug-likeness (QED) is 0.584. The highest BCUT2D eigenvalue weighted by atomic mass is 35.5. The number of aryl methyl sites for hydroxylation is 1. The molecule has 2 aromatic heterocycles. The molecule has 30 heavy (non-hydrogen) atoms. The van der Waals surface area contributed by atoms with Crippen molar-refractivity contribution in [1.29, 1.82) is 0 Å². The lowest BCUT2D eigenvalue weighted by Gasteiger charge is -2.35. The summed E-state index contributed by atoms with van der Waals surface area (Å²) in [4.78, 5) is 22.8. The lowest BCUT2D eigenvalue weighted by atomic mass is 10.2. The van der Waals surface area contributed by atoms with Gasteiger partial charge in [0, 0.05) is 43.7 Å². The number of piperazine rings is 1. The standard InChI is InChI=1S/C19H23ClN8O2/c1-3-16(28-23-18(22-25-28)14-4-6-15(20)7-5-14)19(29)27-10-8-26(9-11-27)12-17-21-13(2)30-24-17/h4-7,16H,3,8-12H2,1-2H3. The fraction of sp³-hybridized carbons (Fsp3) is 0.474. The van der Waals surface area contributed by atoms with Crippen LogP contribution in [0.4, 0.5) is 0 Å². The van der Waals surface area contributed by atoms with Gasteiger partial charge in [-0.25, -0.2) is 0 Å². The summed E-state index contributed by atoms with van der Waals surface area (Å²) in [5.41, 5.74) is 0.804. The number of hydrogen-bond acceptors (Lipinski definition) is 8. The van der Waals surface area contributed by atoms with E-state index in [0.717, 1.165) is 18.7 Å². The molecule has 1 fully saturated rings. The molecule has 1 amide bonds. The van der Waals surface area contributed by atoms with Crippen molar-refractivity contribution in [2.75, 3.05) is 26.2 Å². The first-order valence-corrected chi connectivity index (χ1v) is 10.3. The smallest absolute Gasteiger partial charge is 0.249 e. The normalized spacial score (nSPS) is 16.0. The minimum absolute atomic E-state index is 0.00705. The second-order valence-electron chi connectivity index (χ2n) is 7.20. The van der Waals surface area contributed by atoms with Crippen molar-refractivity contribution in [2.45, 2.75) is 32.9 Å². The number of aromatic nitrogens is 6. The molecule has 0 radical (unpaired) electrons. The Morgan fingerprint density at radius 3 is 2.57 bits per heavy atom. The van der Waals surface area contributed by atoms with Crippen LogP contribution in [0.2, 0.25) is 5.02 Å². The average Bonchev–Trinajstić information content (AvgIpc) is 3.39. The first-order chi connectivity index (χ1) is 14.5. The van der Waals surface area contributed by atoms with E-state index in [2.05, 4.69) is 30.5 Å². The number of benzene rings is 1. The molecule has 0 N–H and O–H groups in total. The van der Waals surface area contributed by atoms with Crippen LogP contribution in [0.5, 0.6) is 0 Å². The van der Waals surface area contributed by atoms with Gasteiger partial charge in [0.05, 0.1) is 6.54 Å². The van der Waals surface area contributed by atoms with Crippen LogP contribution in [-0.4, -0.2) is 72.2 Å². The van der Waals surface area contributed by atoms with Crippen molar-refractivity contribution in [3.63, 3.8) is 0 Å². The van der Waals surface area contributed by atoms with Crippen molar-refractivity contribution in [3.8, 4) is 11.4 Å². The van der Waals surface area contributed by atoms with E-state index in [-0.39, 0.29) is 5.91 Å². The molecule has 0 saturated carbocycles. The average molecular weight is 431 g/mol. The van der Waals surface area contributed by atoms with Gasteiger partial charge in [0.1, 0.15) is 0 Å². The van der Waals surface area contributed by atoms with E-state index < -0.39 is 6.04 Å². The highest BCUT2D eigenvalue weighted by Gasteiger charge is 2.29. The Balaban J connectivity index is 1.38. The van der Waals surface area contributed by atoms with Crippen LogP contribution in [0.3, 0.4) is 0 Å². The Morgan fingerprint density at radius 1 is 1.20 bits per heavy atom. The highest BCUT2D eigenvalue weighted by Crippen LogP contribution is 2.20. The van der Waals surface area contributed by atoms with Crippen molar-refractivity contribution in [3.05, 3.63) is 41.0 Å². The van der Waals surface area contributed by atoms with Gasteiger partial charge in [-0.05, 0) is 35.9 Å². The molecule has 1 unspecified atom stereocenters.